The summed E-state index contributed by atoms with van der Waals surface area (Å²) in [4.78, 5) is 0. The molecule has 0 saturated carbocycles. The maximum atomic E-state index is 5.68. The first-order chi connectivity index (χ1) is 27.9. The zero-order valence-corrected chi connectivity index (χ0v) is 36.6. The predicted molar refractivity (Wildman–Crippen MR) is 224 cm³/mol. The van der Waals surface area contributed by atoms with Gasteiger partial charge in [0.15, 0.2) is 0 Å². The number of ether oxygens (including phenoxy) is 12. The standard InChI is InChI=1S/C44H90O12/c1-3-5-7-9-13-17-21-45-25-29-49-33-37-53-41-43-55-39-35-51-31-27-47-23-19-15-11-12-16-20-24-48-28-32-52-36-40-56-44-42-54-38-34-50-30-26-46-22-18-14-10-8-6-4-2/h3-44H2,1-2H3. The Morgan fingerprint density at radius 2 is 0.268 bits per heavy atom. The first-order valence-electron chi connectivity index (χ1n) is 22.8. The Morgan fingerprint density at radius 3 is 0.429 bits per heavy atom. The molecule has 12 nitrogen and oxygen atoms in total. The molecule has 0 rings (SSSR count). The SMILES string of the molecule is CCCCCCCCOCCOCCOCCOCCOCCOCCCCCCCCOCCOCCOCCOCCOCCOCCCCCCCC. The fraction of sp³-hybridized carbons (Fsp3) is 1.00. The van der Waals surface area contributed by atoms with Crippen LogP contribution in [-0.2, 0) is 56.8 Å². The molecule has 0 atom stereocenters. The van der Waals surface area contributed by atoms with E-state index in [-0.39, 0.29) is 0 Å². The van der Waals surface area contributed by atoms with Gasteiger partial charge in [0.2, 0.25) is 0 Å². The van der Waals surface area contributed by atoms with E-state index in [4.69, 9.17) is 56.8 Å². The van der Waals surface area contributed by atoms with Crippen molar-refractivity contribution in [3.63, 3.8) is 0 Å². The van der Waals surface area contributed by atoms with Crippen molar-refractivity contribution in [3.8, 4) is 0 Å². The lowest BCUT2D eigenvalue weighted by molar-refractivity contribution is -0.0170. The highest BCUT2D eigenvalue weighted by Gasteiger charge is 1.98. The molecule has 0 saturated heterocycles. The fourth-order valence-electron chi connectivity index (χ4n) is 5.49. The van der Waals surface area contributed by atoms with Crippen LogP contribution in [0.3, 0.4) is 0 Å². The van der Waals surface area contributed by atoms with E-state index in [2.05, 4.69) is 13.8 Å². The Hall–Kier alpha value is -0.480. The maximum Gasteiger partial charge on any atom is 0.0701 e. The Bertz CT molecular complexity index is 610. The minimum Gasteiger partial charge on any atom is -0.379 e. The first kappa shape index (κ1) is 55.5. The summed E-state index contributed by atoms with van der Waals surface area (Å²) in [5.41, 5.74) is 0. The summed E-state index contributed by atoms with van der Waals surface area (Å²) in [6.07, 6.45) is 22.5. The van der Waals surface area contributed by atoms with Gasteiger partial charge < -0.3 is 56.8 Å². The molecule has 0 aliphatic heterocycles. The average molecular weight is 811 g/mol. The fourth-order valence-corrected chi connectivity index (χ4v) is 5.49. The highest BCUT2D eigenvalue weighted by Crippen LogP contribution is 2.07. The lowest BCUT2D eigenvalue weighted by Gasteiger charge is -2.08. The van der Waals surface area contributed by atoms with E-state index in [9.17, 15) is 0 Å². The van der Waals surface area contributed by atoms with Crippen molar-refractivity contribution in [1.29, 1.82) is 0 Å². The van der Waals surface area contributed by atoms with Gasteiger partial charge in [-0.2, -0.15) is 0 Å². The quantitative estimate of drug-likeness (QED) is 0.0552. The normalized spacial score (nSPS) is 11.7. The van der Waals surface area contributed by atoms with E-state index in [1.54, 1.807) is 0 Å². The summed E-state index contributed by atoms with van der Waals surface area (Å²) < 4.78 is 66.9. The maximum absolute atomic E-state index is 5.68. The second-order valence-corrected chi connectivity index (χ2v) is 14.0. The van der Waals surface area contributed by atoms with Gasteiger partial charge in [0.25, 0.3) is 0 Å². The highest BCUT2D eigenvalue weighted by molar-refractivity contribution is 4.47. The number of rotatable bonds is 53. The van der Waals surface area contributed by atoms with Crippen molar-refractivity contribution in [1.82, 2.24) is 0 Å². The smallest absolute Gasteiger partial charge is 0.0701 e. The van der Waals surface area contributed by atoms with Crippen LogP contribution in [0.15, 0.2) is 0 Å². The number of unbranched alkanes of at least 4 members (excludes halogenated alkanes) is 15. The van der Waals surface area contributed by atoms with E-state index in [0.717, 1.165) is 52.1 Å². The van der Waals surface area contributed by atoms with Gasteiger partial charge in [-0.3, -0.25) is 0 Å². The lowest BCUT2D eigenvalue weighted by Crippen LogP contribution is -2.14. The third-order valence-corrected chi connectivity index (χ3v) is 8.83. The van der Waals surface area contributed by atoms with Crippen molar-refractivity contribution in [2.24, 2.45) is 0 Å². The lowest BCUT2D eigenvalue weighted by atomic mass is 10.1. The Labute approximate surface area is 344 Å². The summed E-state index contributed by atoms with van der Waals surface area (Å²) >= 11 is 0. The van der Waals surface area contributed by atoms with Crippen molar-refractivity contribution < 1.29 is 56.8 Å². The van der Waals surface area contributed by atoms with Gasteiger partial charge in [-0.25, -0.2) is 0 Å². The van der Waals surface area contributed by atoms with E-state index < -0.39 is 0 Å². The van der Waals surface area contributed by atoms with Crippen LogP contribution >= 0.6 is 0 Å². The predicted octanol–water partition coefficient (Wildman–Crippen LogP) is 8.25. The van der Waals surface area contributed by atoms with Crippen LogP contribution in [-0.4, -0.2) is 159 Å². The van der Waals surface area contributed by atoms with Gasteiger partial charge in [0, 0.05) is 26.4 Å². The summed E-state index contributed by atoms with van der Waals surface area (Å²) in [5, 5.41) is 0. The zero-order valence-electron chi connectivity index (χ0n) is 36.6. The molecule has 0 bridgehead atoms. The van der Waals surface area contributed by atoms with E-state index in [0.29, 0.717) is 132 Å². The second kappa shape index (κ2) is 54.5. The Balaban J connectivity index is 3.05. The molecule has 0 aliphatic carbocycles. The van der Waals surface area contributed by atoms with Crippen molar-refractivity contribution in [2.45, 2.75) is 129 Å². The number of hydrogen-bond acceptors (Lipinski definition) is 12. The van der Waals surface area contributed by atoms with Crippen LogP contribution in [0.5, 0.6) is 0 Å². The first-order valence-corrected chi connectivity index (χ1v) is 22.8. The minimum absolute atomic E-state index is 0.561. The summed E-state index contributed by atoms with van der Waals surface area (Å²) in [6.45, 7) is 19.6. The van der Waals surface area contributed by atoms with Gasteiger partial charge in [0.05, 0.1) is 132 Å². The molecule has 0 aliphatic rings. The van der Waals surface area contributed by atoms with Crippen LogP contribution in [0, 0.1) is 0 Å². The second-order valence-electron chi connectivity index (χ2n) is 14.0. The molecule has 0 N–H and O–H groups in total. The molecule has 0 amide bonds. The van der Waals surface area contributed by atoms with Crippen LogP contribution < -0.4 is 0 Å². The zero-order chi connectivity index (χ0) is 40.2. The number of hydrogen-bond donors (Lipinski definition) is 0. The summed E-state index contributed by atoms with van der Waals surface area (Å²) in [5.74, 6) is 0. The Morgan fingerprint density at radius 1 is 0.143 bits per heavy atom. The molecule has 0 aromatic rings. The highest BCUT2D eigenvalue weighted by atomic mass is 16.6. The Kier molecular flexibility index (Phi) is 54.1. The minimum atomic E-state index is 0.561. The third-order valence-electron chi connectivity index (χ3n) is 8.83. The van der Waals surface area contributed by atoms with Crippen LogP contribution in [0.4, 0.5) is 0 Å². The molecule has 0 fully saturated rings. The van der Waals surface area contributed by atoms with Gasteiger partial charge in [-0.05, 0) is 25.7 Å². The summed E-state index contributed by atoms with van der Waals surface area (Å²) in [6, 6.07) is 0. The molecule has 0 aromatic carbocycles. The van der Waals surface area contributed by atoms with Crippen LogP contribution in [0.25, 0.3) is 0 Å². The molecule has 0 spiro atoms. The molecule has 12 heteroatoms. The largest absolute Gasteiger partial charge is 0.379 e. The summed E-state index contributed by atoms with van der Waals surface area (Å²) in [7, 11) is 0. The molecule has 0 unspecified atom stereocenters. The molecule has 338 valence electrons. The van der Waals surface area contributed by atoms with Crippen LogP contribution in [0.1, 0.15) is 129 Å². The van der Waals surface area contributed by atoms with Crippen molar-refractivity contribution in [3.05, 3.63) is 0 Å². The molecule has 0 aromatic heterocycles. The van der Waals surface area contributed by atoms with Crippen LogP contribution in [0.2, 0.25) is 0 Å². The molecular weight excluding hydrogens is 720 g/mol. The van der Waals surface area contributed by atoms with Gasteiger partial charge in [0.1, 0.15) is 0 Å². The molecule has 0 heterocycles. The topological polar surface area (TPSA) is 111 Å². The van der Waals surface area contributed by atoms with E-state index in [1.165, 1.54) is 89.9 Å². The van der Waals surface area contributed by atoms with Gasteiger partial charge >= 0.3 is 0 Å². The van der Waals surface area contributed by atoms with E-state index in [1.807, 2.05) is 0 Å². The monoisotopic (exact) mass is 811 g/mol. The van der Waals surface area contributed by atoms with E-state index >= 15 is 0 Å². The molecule has 0 radical (unpaired) electrons. The van der Waals surface area contributed by atoms with Crippen molar-refractivity contribution >= 4 is 0 Å². The third kappa shape index (κ3) is 53.5. The van der Waals surface area contributed by atoms with Gasteiger partial charge in [-0.15, -0.1) is 0 Å². The van der Waals surface area contributed by atoms with Gasteiger partial charge in [-0.1, -0.05) is 104 Å². The average Bonchev–Trinajstić information content (AvgIpc) is 3.21. The molecule has 56 heavy (non-hydrogen) atoms. The molecular formula is C44H90O12. The van der Waals surface area contributed by atoms with Crippen molar-refractivity contribution in [2.75, 3.05) is 159 Å².